The molecule has 0 amide bonds. The van der Waals surface area contributed by atoms with E-state index in [-0.39, 0.29) is 5.56 Å². The van der Waals surface area contributed by atoms with E-state index in [1.54, 1.807) is 4.68 Å². The van der Waals surface area contributed by atoms with Gasteiger partial charge in [0, 0.05) is 32.2 Å². The zero-order valence-corrected chi connectivity index (χ0v) is 12.7. The van der Waals surface area contributed by atoms with E-state index in [4.69, 9.17) is 0 Å². The van der Waals surface area contributed by atoms with Crippen LogP contribution in [0.4, 0.5) is 5.69 Å². The lowest BCUT2D eigenvalue weighted by Crippen LogP contribution is -2.49. The van der Waals surface area contributed by atoms with Crippen molar-refractivity contribution in [3.05, 3.63) is 21.0 Å². The third kappa shape index (κ3) is 2.84. The Morgan fingerprint density at radius 3 is 3.00 bits per heavy atom. The van der Waals surface area contributed by atoms with Crippen LogP contribution >= 0.6 is 15.9 Å². The highest BCUT2D eigenvalue weighted by atomic mass is 79.9. The molecule has 0 radical (unpaired) electrons. The maximum atomic E-state index is 12.3. The Morgan fingerprint density at radius 1 is 1.53 bits per heavy atom. The fourth-order valence-corrected chi connectivity index (χ4v) is 3.06. The van der Waals surface area contributed by atoms with Crippen LogP contribution in [0.1, 0.15) is 19.8 Å². The third-order valence-corrected chi connectivity index (χ3v) is 4.55. The molecule has 6 heteroatoms. The van der Waals surface area contributed by atoms with Crippen LogP contribution in [0, 0.1) is 5.92 Å². The Bertz CT molecular complexity index is 526. The Kier molecular flexibility index (Phi) is 3.62. The molecular formula is C13H19BrN4O. The normalized spacial score (nSPS) is 23.7. The highest BCUT2D eigenvalue weighted by Gasteiger charge is 2.25. The topological polar surface area (TPSA) is 50.2 Å². The summed E-state index contributed by atoms with van der Waals surface area (Å²) >= 11 is 3.46. The molecule has 5 nitrogen and oxygen atoms in total. The van der Waals surface area contributed by atoms with Gasteiger partial charge in [-0.1, -0.05) is 0 Å². The summed E-state index contributed by atoms with van der Waals surface area (Å²) < 4.78 is 2.24. The number of hydrogen-bond donors (Lipinski definition) is 1. The Hall–Kier alpha value is -0.880. The molecule has 2 heterocycles. The largest absolute Gasteiger partial charge is 0.366 e. The second-order valence-electron chi connectivity index (χ2n) is 5.58. The molecule has 104 valence electrons. The zero-order chi connectivity index (χ0) is 13.4. The van der Waals surface area contributed by atoms with E-state index in [0.717, 1.165) is 31.9 Å². The van der Waals surface area contributed by atoms with Gasteiger partial charge in [0.1, 0.15) is 4.47 Å². The molecule has 1 aromatic rings. The number of hydrogen-bond acceptors (Lipinski definition) is 4. The fourth-order valence-electron chi connectivity index (χ4n) is 2.50. The quantitative estimate of drug-likeness (QED) is 0.907. The van der Waals surface area contributed by atoms with Crippen molar-refractivity contribution < 1.29 is 0 Å². The molecule has 0 unspecified atom stereocenters. The number of piperazine rings is 1. The lowest BCUT2D eigenvalue weighted by Gasteiger charge is -2.33. The summed E-state index contributed by atoms with van der Waals surface area (Å²) in [5.74, 6) is 0.655. The monoisotopic (exact) mass is 326 g/mol. The molecular weight excluding hydrogens is 308 g/mol. The van der Waals surface area contributed by atoms with Crippen molar-refractivity contribution in [2.45, 2.75) is 32.4 Å². The van der Waals surface area contributed by atoms with Crippen molar-refractivity contribution in [3.63, 3.8) is 0 Å². The highest BCUT2D eigenvalue weighted by molar-refractivity contribution is 9.10. The van der Waals surface area contributed by atoms with Crippen molar-refractivity contribution in [2.75, 3.05) is 24.5 Å². The first-order chi connectivity index (χ1) is 9.15. The van der Waals surface area contributed by atoms with Gasteiger partial charge >= 0.3 is 0 Å². The van der Waals surface area contributed by atoms with Gasteiger partial charge in [0.2, 0.25) is 0 Å². The van der Waals surface area contributed by atoms with Gasteiger partial charge in [0.15, 0.2) is 0 Å². The summed E-state index contributed by atoms with van der Waals surface area (Å²) in [4.78, 5) is 14.5. The molecule has 1 atom stereocenters. The standard InChI is InChI=1S/C13H19BrN4O/c1-9-7-17(5-4-15-9)11-6-16-18(8-10-2-3-10)13(19)12(11)14/h6,9-10,15H,2-5,7-8H2,1H3/t9-/m0/s1. The van der Waals surface area contributed by atoms with Gasteiger partial charge in [-0.15, -0.1) is 0 Å². The molecule has 0 spiro atoms. The molecule has 19 heavy (non-hydrogen) atoms. The molecule has 2 aliphatic rings. The molecule has 2 fully saturated rings. The van der Waals surface area contributed by atoms with E-state index in [1.807, 2.05) is 6.20 Å². The average Bonchev–Trinajstić information content (AvgIpc) is 3.19. The van der Waals surface area contributed by atoms with E-state index in [0.29, 0.717) is 16.4 Å². The van der Waals surface area contributed by atoms with Crippen molar-refractivity contribution in [1.82, 2.24) is 15.1 Å². The molecule has 0 aromatic carbocycles. The lowest BCUT2D eigenvalue weighted by atomic mass is 10.2. The van der Waals surface area contributed by atoms with Gasteiger partial charge in [-0.25, -0.2) is 4.68 Å². The SMILES string of the molecule is C[C@H]1CN(c2cnn(CC3CC3)c(=O)c2Br)CCN1. The summed E-state index contributed by atoms with van der Waals surface area (Å²) in [6.45, 7) is 5.68. The van der Waals surface area contributed by atoms with E-state index in [1.165, 1.54) is 12.8 Å². The van der Waals surface area contributed by atoms with Crippen LogP contribution in [0.3, 0.4) is 0 Å². The van der Waals surface area contributed by atoms with E-state index in [9.17, 15) is 4.79 Å². The second-order valence-corrected chi connectivity index (χ2v) is 6.37. The lowest BCUT2D eigenvalue weighted by molar-refractivity contribution is 0.480. The molecule has 1 aromatic heterocycles. The van der Waals surface area contributed by atoms with Crippen LogP contribution < -0.4 is 15.8 Å². The molecule has 1 N–H and O–H groups in total. The minimum Gasteiger partial charge on any atom is -0.366 e. The molecule has 3 rings (SSSR count). The summed E-state index contributed by atoms with van der Waals surface area (Å²) in [5, 5.41) is 7.73. The average molecular weight is 327 g/mol. The number of aromatic nitrogens is 2. The smallest absolute Gasteiger partial charge is 0.283 e. The number of anilines is 1. The summed E-state index contributed by atoms with van der Waals surface area (Å²) in [6, 6.07) is 0.439. The van der Waals surface area contributed by atoms with Crippen LogP contribution in [-0.2, 0) is 6.54 Å². The summed E-state index contributed by atoms with van der Waals surface area (Å²) in [6.07, 6.45) is 4.28. The Labute approximate surface area is 121 Å². The maximum Gasteiger partial charge on any atom is 0.283 e. The number of nitrogens with zero attached hydrogens (tertiary/aromatic N) is 3. The van der Waals surface area contributed by atoms with Crippen molar-refractivity contribution in [3.8, 4) is 0 Å². The first-order valence-corrected chi connectivity index (χ1v) is 7.68. The van der Waals surface area contributed by atoms with Gasteiger partial charge in [-0.05, 0) is 41.6 Å². The number of nitrogens with one attached hydrogen (secondary N) is 1. The molecule has 1 saturated carbocycles. The van der Waals surface area contributed by atoms with Gasteiger partial charge in [-0.2, -0.15) is 5.10 Å². The predicted octanol–water partition coefficient (Wildman–Crippen LogP) is 1.21. The minimum atomic E-state index is -0.00409. The van der Waals surface area contributed by atoms with Gasteiger partial charge < -0.3 is 10.2 Å². The maximum absolute atomic E-state index is 12.3. The van der Waals surface area contributed by atoms with Crippen molar-refractivity contribution in [2.24, 2.45) is 5.92 Å². The van der Waals surface area contributed by atoms with Crippen molar-refractivity contribution in [1.29, 1.82) is 0 Å². The Balaban J connectivity index is 1.85. The first kappa shape index (κ1) is 13.1. The highest BCUT2D eigenvalue weighted by Crippen LogP contribution is 2.30. The second kappa shape index (κ2) is 5.25. The van der Waals surface area contributed by atoms with Gasteiger partial charge in [0.05, 0.1) is 11.9 Å². The van der Waals surface area contributed by atoms with Crippen LogP contribution in [0.2, 0.25) is 0 Å². The number of halogens is 1. The van der Waals surface area contributed by atoms with E-state index in [2.05, 4.69) is 38.2 Å². The molecule has 1 aliphatic heterocycles. The summed E-state index contributed by atoms with van der Waals surface area (Å²) in [7, 11) is 0. The van der Waals surface area contributed by atoms with Crippen molar-refractivity contribution >= 4 is 21.6 Å². The molecule has 1 aliphatic carbocycles. The van der Waals surface area contributed by atoms with Gasteiger partial charge in [-0.3, -0.25) is 4.79 Å². The fraction of sp³-hybridized carbons (Fsp3) is 0.692. The molecule has 1 saturated heterocycles. The predicted molar refractivity (Wildman–Crippen MR) is 78.6 cm³/mol. The number of rotatable bonds is 3. The van der Waals surface area contributed by atoms with Crippen LogP contribution in [0.15, 0.2) is 15.5 Å². The zero-order valence-electron chi connectivity index (χ0n) is 11.1. The van der Waals surface area contributed by atoms with Crippen LogP contribution in [0.5, 0.6) is 0 Å². The molecule has 0 bridgehead atoms. The van der Waals surface area contributed by atoms with Crippen LogP contribution in [-0.4, -0.2) is 35.5 Å². The van der Waals surface area contributed by atoms with E-state index < -0.39 is 0 Å². The van der Waals surface area contributed by atoms with E-state index >= 15 is 0 Å². The van der Waals surface area contributed by atoms with Gasteiger partial charge in [0.25, 0.3) is 5.56 Å². The first-order valence-electron chi connectivity index (χ1n) is 6.89. The van der Waals surface area contributed by atoms with Crippen LogP contribution in [0.25, 0.3) is 0 Å². The summed E-state index contributed by atoms with van der Waals surface area (Å²) in [5.41, 5.74) is 0.918. The Morgan fingerprint density at radius 2 is 2.32 bits per heavy atom. The third-order valence-electron chi connectivity index (χ3n) is 3.80. The minimum absolute atomic E-state index is 0.00409.